The Bertz CT molecular complexity index is 359. The first-order valence-corrected chi connectivity index (χ1v) is 4.59. The molecule has 0 aliphatic carbocycles. The first-order chi connectivity index (χ1) is 5.90. The molecule has 2 aromatic rings. The van der Waals surface area contributed by atoms with Gasteiger partial charge >= 0.3 is 0 Å². The largest absolute Gasteiger partial charge is 0.338 e. The molecule has 0 aliphatic rings. The van der Waals surface area contributed by atoms with Crippen LogP contribution in [-0.4, -0.2) is 15.1 Å². The van der Waals surface area contributed by atoms with Crippen LogP contribution in [0.2, 0.25) is 0 Å². The second-order valence-corrected chi connectivity index (χ2v) is 3.16. The van der Waals surface area contributed by atoms with Crippen LogP contribution in [0.3, 0.4) is 0 Å². The highest BCUT2D eigenvalue weighted by molar-refractivity contribution is 7.13. The number of halogens is 1. The lowest BCUT2D eigenvalue weighted by atomic mass is 10.5. The Kier molecular flexibility index (Phi) is 2.05. The topological polar surface area (TPSA) is 51.8 Å². The maximum atomic E-state index is 5.49. The minimum Gasteiger partial charge on any atom is -0.338 e. The monoisotopic (exact) mass is 201 g/mol. The van der Waals surface area contributed by atoms with Gasteiger partial charge < -0.3 is 4.52 Å². The summed E-state index contributed by atoms with van der Waals surface area (Å²) in [4.78, 5) is 8.81. The van der Waals surface area contributed by atoms with E-state index < -0.39 is 0 Å². The van der Waals surface area contributed by atoms with Gasteiger partial charge in [-0.1, -0.05) is 5.16 Å². The minimum absolute atomic E-state index is 0.242. The first kappa shape index (κ1) is 7.70. The highest BCUT2D eigenvalue weighted by Crippen LogP contribution is 2.19. The third kappa shape index (κ3) is 1.33. The lowest BCUT2D eigenvalue weighted by Crippen LogP contribution is -1.76. The van der Waals surface area contributed by atoms with E-state index in [0.717, 1.165) is 4.88 Å². The van der Waals surface area contributed by atoms with E-state index in [1.54, 1.807) is 11.7 Å². The molecule has 2 aromatic heterocycles. The van der Waals surface area contributed by atoms with Crippen LogP contribution >= 0.6 is 22.9 Å². The second-order valence-electron chi connectivity index (χ2n) is 2.01. The molecular formula is C6H4ClN3OS. The molecule has 4 nitrogen and oxygen atoms in total. The van der Waals surface area contributed by atoms with Crippen LogP contribution in [0.4, 0.5) is 0 Å². The molecule has 0 N–H and O–H groups in total. The van der Waals surface area contributed by atoms with Crippen molar-refractivity contribution in [2.24, 2.45) is 0 Å². The molecule has 0 aromatic carbocycles. The van der Waals surface area contributed by atoms with Gasteiger partial charge in [-0.25, -0.2) is 0 Å². The van der Waals surface area contributed by atoms with Gasteiger partial charge in [-0.15, -0.1) is 22.9 Å². The Morgan fingerprint density at radius 2 is 2.50 bits per heavy atom. The maximum absolute atomic E-state index is 5.49. The number of rotatable bonds is 2. The van der Waals surface area contributed by atoms with Gasteiger partial charge in [0.2, 0.25) is 11.7 Å². The third-order valence-corrected chi connectivity index (χ3v) is 2.23. The van der Waals surface area contributed by atoms with Crippen LogP contribution in [0.25, 0.3) is 10.7 Å². The van der Waals surface area contributed by atoms with E-state index in [9.17, 15) is 0 Å². The predicted octanol–water partition coefficient (Wildman–Crippen LogP) is 1.93. The average molecular weight is 202 g/mol. The Morgan fingerprint density at radius 3 is 3.08 bits per heavy atom. The van der Waals surface area contributed by atoms with Gasteiger partial charge in [0, 0.05) is 6.20 Å². The summed E-state index contributed by atoms with van der Waals surface area (Å²) in [5.41, 5.74) is 1.71. The van der Waals surface area contributed by atoms with E-state index in [4.69, 9.17) is 16.1 Å². The zero-order valence-electron chi connectivity index (χ0n) is 5.90. The molecule has 0 radical (unpaired) electrons. The zero-order valence-corrected chi connectivity index (χ0v) is 7.47. The highest BCUT2D eigenvalue weighted by atomic mass is 35.5. The molecule has 62 valence electrons. The molecule has 0 amide bonds. The van der Waals surface area contributed by atoms with E-state index in [0.29, 0.717) is 11.7 Å². The standard InChI is InChI=1S/C6H4ClN3OS/c7-1-5-9-6(10-11-5)4-2-8-3-12-4/h2-3H,1H2. The van der Waals surface area contributed by atoms with Crippen molar-refractivity contribution in [2.75, 3.05) is 0 Å². The number of aromatic nitrogens is 3. The predicted molar refractivity (Wildman–Crippen MR) is 45.0 cm³/mol. The fourth-order valence-corrected chi connectivity index (χ4v) is 1.39. The maximum Gasteiger partial charge on any atom is 0.241 e. The molecule has 6 heteroatoms. The van der Waals surface area contributed by atoms with Gasteiger partial charge in [-0.05, 0) is 0 Å². The van der Waals surface area contributed by atoms with Crippen molar-refractivity contribution in [3.63, 3.8) is 0 Å². The van der Waals surface area contributed by atoms with Gasteiger partial charge in [0.15, 0.2) is 0 Å². The lowest BCUT2D eigenvalue weighted by molar-refractivity contribution is 0.391. The van der Waals surface area contributed by atoms with Crippen molar-refractivity contribution in [3.05, 3.63) is 17.6 Å². The van der Waals surface area contributed by atoms with Gasteiger partial charge in [0.05, 0.1) is 10.4 Å². The van der Waals surface area contributed by atoms with Gasteiger partial charge in [0.1, 0.15) is 5.88 Å². The molecule has 0 aliphatic heterocycles. The lowest BCUT2D eigenvalue weighted by Gasteiger charge is -1.79. The average Bonchev–Trinajstić information content (AvgIpc) is 2.75. The van der Waals surface area contributed by atoms with E-state index in [2.05, 4.69) is 15.1 Å². The van der Waals surface area contributed by atoms with Crippen molar-refractivity contribution >= 4 is 22.9 Å². The molecule has 0 saturated carbocycles. The molecule has 0 fully saturated rings. The molecule has 0 unspecified atom stereocenters. The number of hydrogen-bond donors (Lipinski definition) is 0. The number of hydrogen-bond acceptors (Lipinski definition) is 5. The fourth-order valence-electron chi connectivity index (χ4n) is 0.735. The van der Waals surface area contributed by atoms with Crippen LogP contribution in [0.15, 0.2) is 16.2 Å². The van der Waals surface area contributed by atoms with Crippen molar-refractivity contribution in [2.45, 2.75) is 5.88 Å². The summed E-state index contributed by atoms with van der Waals surface area (Å²) in [5, 5.41) is 3.73. The summed E-state index contributed by atoms with van der Waals surface area (Å²) in [7, 11) is 0. The number of nitrogens with zero attached hydrogens (tertiary/aromatic N) is 3. The molecule has 0 atom stereocenters. The van der Waals surface area contributed by atoms with Gasteiger partial charge in [-0.2, -0.15) is 4.98 Å². The number of thiazole rings is 1. The summed E-state index contributed by atoms with van der Waals surface area (Å²) in [6.45, 7) is 0. The van der Waals surface area contributed by atoms with Gasteiger partial charge in [0.25, 0.3) is 0 Å². The van der Waals surface area contributed by atoms with Crippen molar-refractivity contribution in [1.82, 2.24) is 15.1 Å². The van der Waals surface area contributed by atoms with Crippen LogP contribution in [-0.2, 0) is 5.88 Å². The molecule has 12 heavy (non-hydrogen) atoms. The first-order valence-electron chi connectivity index (χ1n) is 3.17. The molecule has 2 rings (SSSR count). The Hall–Kier alpha value is -0.940. The summed E-state index contributed by atoms with van der Waals surface area (Å²) in [6, 6.07) is 0. The normalized spacial score (nSPS) is 10.4. The number of alkyl halides is 1. The molecule has 0 saturated heterocycles. The Balaban J connectivity index is 2.35. The quantitative estimate of drug-likeness (QED) is 0.697. The van der Waals surface area contributed by atoms with Crippen LogP contribution in [0.5, 0.6) is 0 Å². The van der Waals surface area contributed by atoms with E-state index in [-0.39, 0.29) is 5.88 Å². The summed E-state index contributed by atoms with van der Waals surface area (Å²) >= 11 is 6.95. The molecule has 2 heterocycles. The summed E-state index contributed by atoms with van der Waals surface area (Å²) < 4.78 is 4.82. The van der Waals surface area contributed by atoms with Crippen molar-refractivity contribution < 1.29 is 4.52 Å². The summed E-state index contributed by atoms with van der Waals surface area (Å²) in [5.74, 6) is 1.22. The van der Waals surface area contributed by atoms with Crippen LogP contribution in [0.1, 0.15) is 5.89 Å². The van der Waals surface area contributed by atoms with E-state index in [1.807, 2.05) is 0 Å². The Morgan fingerprint density at radius 1 is 1.58 bits per heavy atom. The minimum atomic E-state index is 0.242. The second kappa shape index (κ2) is 3.20. The SMILES string of the molecule is ClCc1nc(-c2cncs2)no1. The summed E-state index contributed by atoms with van der Waals surface area (Å²) in [6.07, 6.45) is 1.69. The van der Waals surface area contributed by atoms with Crippen molar-refractivity contribution in [1.29, 1.82) is 0 Å². The van der Waals surface area contributed by atoms with E-state index in [1.165, 1.54) is 11.3 Å². The fraction of sp³-hybridized carbons (Fsp3) is 0.167. The third-order valence-electron chi connectivity index (χ3n) is 1.24. The highest BCUT2D eigenvalue weighted by Gasteiger charge is 2.07. The van der Waals surface area contributed by atoms with E-state index >= 15 is 0 Å². The van der Waals surface area contributed by atoms with Crippen LogP contribution in [0, 0.1) is 0 Å². The van der Waals surface area contributed by atoms with Crippen molar-refractivity contribution in [3.8, 4) is 10.7 Å². The smallest absolute Gasteiger partial charge is 0.241 e. The molecule has 0 spiro atoms. The van der Waals surface area contributed by atoms with Gasteiger partial charge in [-0.3, -0.25) is 4.98 Å². The molecule has 0 bridgehead atoms. The van der Waals surface area contributed by atoms with Crippen LogP contribution < -0.4 is 0 Å². The zero-order chi connectivity index (χ0) is 8.39. The Labute approximate surface area is 77.2 Å². The molecular weight excluding hydrogens is 198 g/mol.